The Hall–Kier alpha value is -1.08. The van der Waals surface area contributed by atoms with E-state index in [4.69, 9.17) is 9.47 Å². The normalized spacial score (nSPS) is 19.4. The van der Waals surface area contributed by atoms with Crippen LogP contribution >= 0.6 is 54.5 Å². The lowest BCUT2D eigenvalue weighted by atomic mass is 10.0. The molecule has 0 saturated carbocycles. The highest BCUT2D eigenvalue weighted by Crippen LogP contribution is 2.33. The molecule has 1 aromatic carbocycles. The third kappa shape index (κ3) is 8.28. The Morgan fingerprint density at radius 1 is 1.48 bits per heavy atom. The van der Waals surface area contributed by atoms with Gasteiger partial charge in [0.25, 0.3) is 0 Å². The molecular weight excluding hydrogens is 615 g/mol. The molecule has 0 radical (unpaired) electrons. The maximum absolute atomic E-state index is 11.2. The zero-order chi connectivity index (χ0) is 21.3. The lowest BCUT2D eigenvalue weighted by Gasteiger charge is -2.19. The number of rotatable bonds is 8. The summed E-state index contributed by atoms with van der Waals surface area (Å²) in [5, 5.41) is 9.21. The van der Waals surface area contributed by atoms with E-state index < -0.39 is 12.1 Å². The number of hydrogen-bond donors (Lipinski definition) is 1. The van der Waals surface area contributed by atoms with Crippen molar-refractivity contribution in [1.82, 2.24) is 0 Å². The molecule has 0 aliphatic heterocycles. The van der Waals surface area contributed by atoms with Gasteiger partial charge in [0, 0.05) is 19.4 Å². The summed E-state index contributed by atoms with van der Waals surface area (Å²) in [4.78, 5) is 11.2. The van der Waals surface area contributed by atoms with Crippen molar-refractivity contribution >= 4 is 60.4 Å². The minimum atomic E-state index is -0.953. The lowest BCUT2D eigenvalue weighted by Crippen LogP contribution is -2.26. The van der Waals surface area contributed by atoms with E-state index in [1.807, 2.05) is 42.5 Å². The van der Waals surface area contributed by atoms with Crippen molar-refractivity contribution in [3.63, 3.8) is 0 Å². The monoisotopic (exact) mass is 634 g/mol. The first-order valence-electron chi connectivity index (χ1n) is 8.99. The highest BCUT2D eigenvalue weighted by Gasteiger charge is 2.23. The third-order valence-electron chi connectivity index (χ3n) is 3.94. The smallest absolute Gasteiger partial charge is 0.333 e. The Morgan fingerprint density at radius 3 is 2.93 bits per heavy atom. The molecule has 4 nitrogen and oxygen atoms in total. The molecule has 0 fully saturated rings. The van der Waals surface area contributed by atoms with Gasteiger partial charge in [-0.05, 0) is 63.8 Å². The fourth-order valence-electron chi connectivity index (χ4n) is 2.58. The topological polar surface area (TPSA) is 55.8 Å². The second kappa shape index (κ2) is 11.9. The molecule has 1 aromatic rings. The molecule has 0 spiro atoms. The molecule has 1 N–H and O–H groups in total. The van der Waals surface area contributed by atoms with Gasteiger partial charge in [-0.1, -0.05) is 68.0 Å². The van der Waals surface area contributed by atoms with Crippen LogP contribution in [0.15, 0.2) is 53.1 Å². The zero-order valence-electron chi connectivity index (χ0n) is 15.8. The highest BCUT2D eigenvalue weighted by molar-refractivity contribution is 14.1. The van der Waals surface area contributed by atoms with Gasteiger partial charge in [-0.2, -0.15) is 0 Å². The van der Waals surface area contributed by atoms with Crippen molar-refractivity contribution in [2.75, 3.05) is 13.2 Å². The predicted molar refractivity (Wildman–Crippen MR) is 131 cm³/mol. The van der Waals surface area contributed by atoms with E-state index >= 15 is 0 Å². The Balaban J connectivity index is 1.88. The molecule has 0 bridgehead atoms. The van der Waals surface area contributed by atoms with E-state index in [0.29, 0.717) is 19.6 Å². The highest BCUT2D eigenvalue weighted by atomic mass is 127. The predicted octanol–water partition coefficient (Wildman–Crippen LogP) is 5.63. The fraction of sp³-hybridized carbons (Fsp3) is 0.318. The largest absolute Gasteiger partial charge is 0.488 e. The number of carboxylic acid groups (broad SMARTS) is 1. The molecule has 29 heavy (non-hydrogen) atoms. The van der Waals surface area contributed by atoms with E-state index in [2.05, 4.69) is 66.3 Å². The molecule has 2 atom stereocenters. The van der Waals surface area contributed by atoms with Crippen LogP contribution in [0.3, 0.4) is 0 Å². The molecular formula is C22H21Br2IO4. The zero-order valence-corrected chi connectivity index (χ0v) is 21.2. The molecule has 0 heterocycles. The van der Waals surface area contributed by atoms with Gasteiger partial charge in [0.15, 0.2) is 6.10 Å². The van der Waals surface area contributed by atoms with E-state index in [0.717, 1.165) is 25.8 Å². The molecule has 0 saturated heterocycles. The van der Waals surface area contributed by atoms with Crippen molar-refractivity contribution in [3.8, 4) is 17.6 Å². The Morgan fingerprint density at radius 2 is 2.28 bits per heavy atom. The number of benzene rings is 1. The second-order valence-electron chi connectivity index (χ2n) is 6.25. The van der Waals surface area contributed by atoms with Gasteiger partial charge in [-0.15, -0.1) is 0 Å². The van der Waals surface area contributed by atoms with Gasteiger partial charge in [-0.3, -0.25) is 0 Å². The number of allylic oxidation sites excluding steroid dienone is 5. The maximum Gasteiger partial charge on any atom is 0.333 e. The molecule has 1 unspecified atom stereocenters. The van der Waals surface area contributed by atoms with Crippen LogP contribution in [-0.4, -0.2) is 34.7 Å². The molecule has 0 aromatic heterocycles. The number of ether oxygens (including phenoxy) is 2. The van der Waals surface area contributed by atoms with Crippen LogP contribution in [0.1, 0.15) is 18.9 Å². The minimum absolute atomic E-state index is 0.322. The van der Waals surface area contributed by atoms with Gasteiger partial charge in [-0.25, -0.2) is 4.79 Å². The molecule has 2 rings (SSSR count). The van der Waals surface area contributed by atoms with Crippen molar-refractivity contribution < 1.29 is 19.4 Å². The van der Waals surface area contributed by atoms with Gasteiger partial charge in [0.2, 0.25) is 0 Å². The number of halogens is 3. The summed E-state index contributed by atoms with van der Waals surface area (Å²) in [5.41, 5.74) is 0.896. The fourth-order valence-corrected chi connectivity index (χ4v) is 4.86. The summed E-state index contributed by atoms with van der Waals surface area (Å²) in [7, 11) is 0. The molecule has 1 aliphatic carbocycles. The van der Waals surface area contributed by atoms with Crippen LogP contribution in [0.2, 0.25) is 0 Å². The Labute approximate surface area is 201 Å². The molecule has 7 heteroatoms. The summed E-state index contributed by atoms with van der Waals surface area (Å²) in [6.45, 7) is 2.55. The summed E-state index contributed by atoms with van der Waals surface area (Å²) in [6.07, 6.45) is 9.93. The van der Waals surface area contributed by atoms with Gasteiger partial charge < -0.3 is 14.6 Å². The van der Waals surface area contributed by atoms with Crippen LogP contribution in [0.25, 0.3) is 0 Å². The van der Waals surface area contributed by atoms with Gasteiger partial charge in [0.05, 0.1) is 3.57 Å². The first kappa shape index (κ1) is 24.2. The van der Waals surface area contributed by atoms with Crippen LogP contribution in [0.5, 0.6) is 5.75 Å². The summed E-state index contributed by atoms with van der Waals surface area (Å²) < 4.78 is 12.7. The summed E-state index contributed by atoms with van der Waals surface area (Å²) in [5.74, 6) is 6.02. The molecule has 154 valence electrons. The number of aliphatic carboxylic acids is 1. The van der Waals surface area contributed by atoms with E-state index in [1.165, 1.54) is 0 Å². The standard InChI is InChI=1S/C22H21Br2IO4/c1-2-28-20(21(26)27)14-16-8-9-19(18(25)13-16)29-12-5-3-4-10-22(24)11-6-7-17(23)15-22/h3,5-9,11,13,20H,2,12,14-15H2,1H3,(H,26,27)/b5-3+/t20-,22?/m0/s1. The third-order valence-corrected chi connectivity index (χ3v) is 6.07. The number of hydrogen-bond acceptors (Lipinski definition) is 3. The summed E-state index contributed by atoms with van der Waals surface area (Å²) >= 11 is 9.34. The summed E-state index contributed by atoms with van der Waals surface area (Å²) in [6, 6.07) is 5.64. The first-order valence-corrected chi connectivity index (χ1v) is 11.7. The van der Waals surface area contributed by atoms with Crippen molar-refractivity contribution in [2.45, 2.75) is 30.2 Å². The quantitative estimate of drug-likeness (QED) is 0.229. The lowest BCUT2D eigenvalue weighted by molar-refractivity contribution is -0.149. The number of carboxylic acids is 1. The van der Waals surface area contributed by atoms with Crippen molar-refractivity contribution in [2.24, 2.45) is 0 Å². The van der Waals surface area contributed by atoms with Gasteiger partial charge >= 0.3 is 5.97 Å². The van der Waals surface area contributed by atoms with Crippen LogP contribution in [0, 0.1) is 15.4 Å². The number of carbonyl (C=O) groups is 1. The van der Waals surface area contributed by atoms with Crippen molar-refractivity contribution in [1.29, 1.82) is 0 Å². The van der Waals surface area contributed by atoms with Crippen LogP contribution in [0.4, 0.5) is 0 Å². The Bertz CT molecular complexity index is 883. The van der Waals surface area contributed by atoms with E-state index in [1.54, 1.807) is 13.0 Å². The minimum Gasteiger partial charge on any atom is -0.488 e. The Kier molecular flexibility index (Phi) is 9.96. The first-order chi connectivity index (χ1) is 13.8. The second-order valence-corrected chi connectivity index (χ2v) is 9.84. The average molecular weight is 636 g/mol. The van der Waals surface area contributed by atoms with Crippen LogP contribution < -0.4 is 4.74 Å². The van der Waals surface area contributed by atoms with Gasteiger partial charge in [0.1, 0.15) is 16.7 Å². The molecule has 1 aliphatic rings. The van der Waals surface area contributed by atoms with E-state index in [9.17, 15) is 9.90 Å². The average Bonchev–Trinajstić information content (AvgIpc) is 2.65. The SMILES string of the molecule is CCO[C@@H](Cc1ccc(OC/C=C/C#CC2(Br)C=CC=C(Br)C2)c(I)c1)C(=O)O. The van der Waals surface area contributed by atoms with Crippen molar-refractivity contribution in [3.05, 3.63) is 62.2 Å². The molecule has 0 amide bonds. The van der Waals surface area contributed by atoms with E-state index in [-0.39, 0.29) is 4.32 Å². The van der Waals surface area contributed by atoms with Crippen LogP contribution in [-0.2, 0) is 16.0 Å². The number of alkyl halides is 1. The maximum atomic E-state index is 11.2.